The lowest BCUT2D eigenvalue weighted by atomic mass is 9.87. The van der Waals surface area contributed by atoms with Crippen LogP contribution in [0.3, 0.4) is 0 Å². The summed E-state index contributed by atoms with van der Waals surface area (Å²) in [5.74, 6) is 0. The van der Waals surface area contributed by atoms with Crippen LogP contribution in [0.25, 0.3) is 38.4 Å². The monoisotopic (exact) mass is 338 g/mol. The highest BCUT2D eigenvalue weighted by Gasteiger charge is 2.15. The van der Waals surface area contributed by atoms with Gasteiger partial charge in [-0.3, -0.25) is 4.40 Å². The van der Waals surface area contributed by atoms with Gasteiger partial charge in [-0.1, -0.05) is 63.2 Å². The van der Waals surface area contributed by atoms with Crippen LogP contribution in [-0.2, 0) is 6.42 Å². The summed E-state index contributed by atoms with van der Waals surface area (Å²) in [6.45, 7) is 6.88. The van der Waals surface area contributed by atoms with E-state index in [1.807, 2.05) is 0 Å². The zero-order valence-corrected chi connectivity index (χ0v) is 15.5. The first-order valence-electron chi connectivity index (χ1n) is 9.22. The molecule has 2 heteroatoms. The van der Waals surface area contributed by atoms with E-state index in [1.54, 1.807) is 0 Å². The highest BCUT2D eigenvalue weighted by atomic mass is 15.0. The molecular formula is C24H22N2. The summed E-state index contributed by atoms with van der Waals surface area (Å²) in [7, 11) is 0. The van der Waals surface area contributed by atoms with Gasteiger partial charge in [0, 0.05) is 10.8 Å². The van der Waals surface area contributed by atoms with Crippen LogP contribution in [0.2, 0.25) is 0 Å². The van der Waals surface area contributed by atoms with Crippen LogP contribution >= 0.6 is 0 Å². The van der Waals surface area contributed by atoms with Gasteiger partial charge < -0.3 is 0 Å². The second-order valence-corrected chi connectivity index (χ2v) is 8.39. The van der Waals surface area contributed by atoms with Crippen molar-refractivity contribution in [3.8, 4) is 0 Å². The standard InChI is InChI=1S/C24H22N2/c1-24(2,3)15-16-12-13-21-19(14-16)17-8-4-5-9-18(17)23-25-20-10-6-7-11-22(20)26(21)23/h4-14H,15H2,1-3H3. The van der Waals surface area contributed by atoms with Gasteiger partial charge in [-0.05, 0) is 47.1 Å². The van der Waals surface area contributed by atoms with Gasteiger partial charge in [0.05, 0.1) is 16.6 Å². The van der Waals surface area contributed by atoms with Gasteiger partial charge in [-0.25, -0.2) is 4.98 Å². The fourth-order valence-electron chi connectivity index (χ4n) is 4.08. The number of hydrogen-bond donors (Lipinski definition) is 0. The highest BCUT2D eigenvalue weighted by Crippen LogP contribution is 2.33. The minimum atomic E-state index is 0.273. The largest absolute Gasteiger partial charge is 0.292 e. The van der Waals surface area contributed by atoms with Gasteiger partial charge in [0.2, 0.25) is 0 Å². The fourth-order valence-corrected chi connectivity index (χ4v) is 4.08. The Balaban J connectivity index is 1.98. The zero-order chi connectivity index (χ0) is 17.9. The molecule has 3 aromatic carbocycles. The van der Waals surface area contributed by atoms with Crippen molar-refractivity contribution in [1.29, 1.82) is 0 Å². The Morgan fingerprint density at radius 3 is 2.31 bits per heavy atom. The third-order valence-electron chi connectivity index (χ3n) is 5.06. The Morgan fingerprint density at radius 1 is 0.769 bits per heavy atom. The third kappa shape index (κ3) is 2.29. The Bertz CT molecular complexity index is 1290. The van der Waals surface area contributed by atoms with E-state index in [4.69, 9.17) is 4.98 Å². The number of benzene rings is 3. The number of para-hydroxylation sites is 2. The molecule has 0 saturated heterocycles. The van der Waals surface area contributed by atoms with E-state index in [-0.39, 0.29) is 5.41 Å². The number of nitrogens with zero attached hydrogens (tertiary/aromatic N) is 2. The summed E-state index contributed by atoms with van der Waals surface area (Å²) >= 11 is 0. The van der Waals surface area contributed by atoms with E-state index in [0.29, 0.717) is 0 Å². The molecule has 2 aromatic heterocycles. The number of pyridine rings is 1. The van der Waals surface area contributed by atoms with E-state index in [9.17, 15) is 0 Å². The second kappa shape index (κ2) is 5.31. The van der Waals surface area contributed by atoms with E-state index in [1.165, 1.54) is 32.8 Å². The first-order valence-corrected chi connectivity index (χ1v) is 9.22. The molecule has 0 atom stereocenters. The molecule has 26 heavy (non-hydrogen) atoms. The summed E-state index contributed by atoms with van der Waals surface area (Å²) in [4.78, 5) is 4.94. The maximum Gasteiger partial charge on any atom is 0.146 e. The van der Waals surface area contributed by atoms with Crippen LogP contribution in [0, 0.1) is 5.41 Å². The topological polar surface area (TPSA) is 17.3 Å². The summed E-state index contributed by atoms with van der Waals surface area (Å²) < 4.78 is 2.31. The van der Waals surface area contributed by atoms with Crippen LogP contribution < -0.4 is 0 Å². The van der Waals surface area contributed by atoms with Crippen molar-refractivity contribution in [2.24, 2.45) is 5.41 Å². The van der Waals surface area contributed by atoms with Crippen molar-refractivity contribution in [2.75, 3.05) is 0 Å². The number of aromatic nitrogens is 2. The molecule has 0 aliphatic carbocycles. The van der Waals surface area contributed by atoms with Gasteiger partial charge in [-0.15, -0.1) is 0 Å². The van der Waals surface area contributed by atoms with Crippen molar-refractivity contribution in [1.82, 2.24) is 9.38 Å². The van der Waals surface area contributed by atoms with Crippen LogP contribution in [0.15, 0.2) is 66.7 Å². The molecule has 2 heterocycles. The highest BCUT2D eigenvalue weighted by molar-refractivity contribution is 6.13. The van der Waals surface area contributed by atoms with Gasteiger partial charge in [0.25, 0.3) is 0 Å². The molecule has 2 nitrogen and oxygen atoms in total. The average molecular weight is 338 g/mol. The van der Waals surface area contributed by atoms with Crippen molar-refractivity contribution in [2.45, 2.75) is 27.2 Å². The fraction of sp³-hybridized carbons (Fsp3) is 0.208. The molecule has 0 amide bonds. The Hall–Kier alpha value is -2.87. The van der Waals surface area contributed by atoms with E-state index in [0.717, 1.165) is 17.6 Å². The van der Waals surface area contributed by atoms with Crippen LogP contribution in [-0.4, -0.2) is 9.38 Å². The molecule has 0 unspecified atom stereocenters. The van der Waals surface area contributed by atoms with E-state index >= 15 is 0 Å². The second-order valence-electron chi connectivity index (χ2n) is 8.39. The summed E-state index contributed by atoms with van der Waals surface area (Å²) in [6, 6.07) is 23.9. The van der Waals surface area contributed by atoms with Gasteiger partial charge in [0.1, 0.15) is 5.65 Å². The Kier molecular flexibility index (Phi) is 3.14. The third-order valence-corrected chi connectivity index (χ3v) is 5.06. The quantitative estimate of drug-likeness (QED) is 0.324. The molecule has 0 aliphatic heterocycles. The van der Waals surface area contributed by atoms with Crippen LogP contribution in [0.5, 0.6) is 0 Å². The summed E-state index contributed by atoms with van der Waals surface area (Å²) in [5, 5.41) is 3.79. The number of rotatable bonds is 1. The molecule has 128 valence electrons. The lowest BCUT2D eigenvalue weighted by Gasteiger charge is -2.19. The molecule has 0 fully saturated rings. The Morgan fingerprint density at radius 2 is 1.50 bits per heavy atom. The minimum absolute atomic E-state index is 0.273. The van der Waals surface area contributed by atoms with Crippen LogP contribution in [0.1, 0.15) is 26.3 Å². The first-order chi connectivity index (χ1) is 12.5. The first kappa shape index (κ1) is 15.4. The van der Waals surface area contributed by atoms with Crippen molar-refractivity contribution in [3.63, 3.8) is 0 Å². The number of fused-ring (bicyclic) bond motifs is 8. The summed E-state index contributed by atoms with van der Waals surface area (Å²) in [6.07, 6.45) is 1.07. The number of imidazole rings is 1. The smallest absolute Gasteiger partial charge is 0.146 e. The van der Waals surface area contributed by atoms with Crippen molar-refractivity contribution < 1.29 is 0 Å². The van der Waals surface area contributed by atoms with E-state index < -0.39 is 0 Å². The summed E-state index contributed by atoms with van der Waals surface area (Å²) in [5.41, 5.74) is 6.14. The maximum atomic E-state index is 4.94. The molecule has 5 rings (SSSR count). The molecule has 0 N–H and O–H groups in total. The normalized spacial score (nSPS) is 12.6. The minimum Gasteiger partial charge on any atom is -0.292 e. The lowest BCUT2D eigenvalue weighted by molar-refractivity contribution is 0.411. The zero-order valence-electron chi connectivity index (χ0n) is 15.5. The van der Waals surface area contributed by atoms with Gasteiger partial charge in [0.15, 0.2) is 0 Å². The average Bonchev–Trinajstić information content (AvgIpc) is 3.00. The molecule has 0 radical (unpaired) electrons. The lowest BCUT2D eigenvalue weighted by Crippen LogP contribution is -2.09. The predicted octanol–water partition coefficient (Wildman–Crippen LogP) is 6.38. The molecule has 0 saturated carbocycles. The SMILES string of the molecule is CC(C)(C)Cc1ccc2c(c1)c1ccccc1c1nc3ccccc3n21. The molecule has 0 spiro atoms. The van der Waals surface area contributed by atoms with Gasteiger partial charge >= 0.3 is 0 Å². The molecule has 5 aromatic rings. The predicted molar refractivity (Wildman–Crippen MR) is 111 cm³/mol. The molecule has 0 aliphatic rings. The van der Waals surface area contributed by atoms with Gasteiger partial charge in [-0.2, -0.15) is 0 Å². The maximum absolute atomic E-state index is 4.94. The van der Waals surface area contributed by atoms with Crippen molar-refractivity contribution >= 4 is 38.4 Å². The van der Waals surface area contributed by atoms with Crippen LogP contribution in [0.4, 0.5) is 0 Å². The van der Waals surface area contributed by atoms with E-state index in [2.05, 4.69) is 91.9 Å². The molecule has 0 bridgehead atoms. The number of hydrogen-bond acceptors (Lipinski definition) is 1. The molecular weight excluding hydrogens is 316 g/mol. The van der Waals surface area contributed by atoms with Crippen molar-refractivity contribution in [3.05, 3.63) is 72.3 Å². The Labute approximate surface area is 153 Å².